The van der Waals surface area contributed by atoms with Crippen LogP contribution in [0.5, 0.6) is 0 Å². The van der Waals surface area contributed by atoms with E-state index in [1.54, 1.807) is 17.4 Å². The molecular weight excluding hydrogens is 302 g/mol. The lowest BCUT2D eigenvalue weighted by Gasteiger charge is -2.01. The lowest BCUT2D eigenvalue weighted by Crippen LogP contribution is -2.17. The highest BCUT2D eigenvalue weighted by Crippen LogP contribution is 2.21. The summed E-state index contributed by atoms with van der Waals surface area (Å²) in [4.78, 5) is 12.0. The number of rotatable bonds is 7. The smallest absolute Gasteiger partial charge is 0.331 e. The Bertz CT molecular complexity index is 401. The van der Waals surface area contributed by atoms with Crippen LogP contribution in [0.15, 0.2) is 27.6 Å². The molecule has 0 atom stereocenters. The lowest BCUT2D eigenvalue weighted by atomic mass is 10.2. The fraction of sp³-hybridized carbons (Fsp3) is 0.417. The zero-order chi connectivity index (χ0) is 12.7. The van der Waals surface area contributed by atoms with Gasteiger partial charge in [-0.3, -0.25) is 0 Å². The molecule has 2 N–H and O–H groups in total. The van der Waals surface area contributed by atoms with E-state index in [2.05, 4.69) is 27.3 Å². The van der Waals surface area contributed by atoms with Crippen molar-refractivity contribution < 1.29 is 9.90 Å². The van der Waals surface area contributed by atoms with Gasteiger partial charge in [0.05, 0.1) is 3.79 Å². The third-order valence-electron chi connectivity index (χ3n) is 2.33. The summed E-state index contributed by atoms with van der Waals surface area (Å²) < 4.78 is 1.14. The maximum Gasteiger partial charge on any atom is 0.331 e. The predicted octanol–water partition coefficient (Wildman–Crippen LogP) is 3.06. The van der Waals surface area contributed by atoms with E-state index in [1.165, 1.54) is 4.88 Å². The monoisotopic (exact) mass is 317 g/mol. The van der Waals surface area contributed by atoms with E-state index in [0.29, 0.717) is 18.5 Å². The summed E-state index contributed by atoms with van der Waals surface area (Å²) in [6.07, 6.45) is 3.28. The van der Waals surface area contributed by atoms with E-state index < -0.39 is 5.97 Å². The van der Waals surface area contributed by atoms with Crippen LogP contribution in [0.2, 0.25) is 0 Å². The first-order valence-electron chi connectivity index (χ1n) is 5.50. The van der Waals surface area contributed by atoms with Gasteiger partial charge >= 0.3 is 5.97 Å². The van der Waals surface area contributed by atoms with Gasteiger partial charge in [0.2, 0.25) is 0 Å². The Labute approximate surface area is 114 Å². The van der Waals surface area contributed by atoms with Crippen molar-refractivity contribution in [1.29, 1.82) is 0 Å². The van der Waals surface area contributed by atoms with Crippen molar-refractivity contribution in [3.05, 3.63) is 32.4 Å². The van der Waals surface area contributed by atoms with Gasteiger partial charge in [-0.05, 0) is 40.9 Å². The van der Waals surface area contributed by atoms with Gasteiger partial charge in [-0.2, -0.15) is 0 Å². The van der Waals surface area contributed by atoms with E-state index in [1.807, 2.05) is 13.0 Å². The molecule has 0 bridgehead atoms. The van der Waals surface area contributed by atoms with Crippen LogP contribution in [0.3, 0.4) is 0 Å². The molecule has 0 fully saturated rings. The zero-order valence-corrected chi connectivity index (χ0v) is 12.1. The van der Waals surface area contributed by atoms with Gasteiger partial charge in [0.15, 0.2) is 0 Å². The molecule has 0 aliphatic heterocycles. The SMILES string of the molecule is CC/C(=C/CNCCc1ccc(Br)s1)C(=O)O. The van der Waals surface area contributed by atoms with E-state index in [4.69, 9.17) is 5.11 Å². The van der Waals surface area contributed by atoms with Gasteiger partial charge in [0, 0.05) is 23.5 Å². The molecule has 1 rings (SSSR count). The number of carbonyl (C=O) groups is 1. The standard InChI is InChI=1S/C12H16BrNO2S/c1-2-9(12(15)16)5-7-14-8-6-10-3-4-11(13)17-10/h3-5,14H,2,6-8H2,1H3,(H,15,16)/b9-5-. The molecule has 0 unspecified atom stereocenters. The average molecular weight is 318 g/mol. The van der Waals surface area contributed by atoms with Crippen molar-refractivity contribution in [1.82, 2.24) is 5.32 Å². The number of halogens is 1. The van der Waals surface area contributed by atoms with Crippen LogP contribution in [0.1, 0.15) is 18.2 Å². The van der Waals surface area contributed by atoms with Gasteiger partial charge in [0.1, 0.15) is 0 Å². The first kappa shape index (κ1) is 14.4. The quantitative estimate of drug-likeness (QED) is 0.600. The minimum Gasteiger partial charge on any atom is -0.478 e. The summed E-state index contributed by atoms with van der Waals surface area (Å²) >= 11 is 5.15. The number of thiophene rings is 1. The highest BCUT2D eigenvalue weighted by Gasteiger charge is 2.02. The molecular formula is C12H16BrNO2S. The van der Waals surface area contributed by atoms with Crippen molar-refractivity contribution in [3.8, 4) is 0 Å². The first-order valence-corrected chi connectivity index (χ1v) is 7.11. The van der Waals surface area contributed by atoms with Crippen molar-refractivity contribution in [2.24, 2.45) is 0 Å². The Morgan fingerprint density at radius 3 is 2.88 bits per heavy atom. The molecule has 0 aromatic carbocycles. The number of carboxylic acids is 1. The maximum atomic E-state index is 10.7. The summed E-state index contributed by atoms with van der Waals surface area (Å²) in [5.74, 6) is -0.823. The largest absolute Gasteiger partial charge is 0.478 e. The second kappa shape index (κ2) is 7.63. The molecule has 94 valence electrons. The molecule has 1 aromatic heterocycles. The van der Waals surface area contributed by atoms with Gasteiger partial charge in [-0.25, -0.2) is 4.79 Å². The summed E-state index contributed by atoms with van der Waals surface area (Å²) in [6, 6.07) is 4.14. The summed E-state index contributed by atoms with van der Waals surface area (Å²) in [6.45, 7) is 3.32. The molecule has 0 saturated carbocycles. The fourth-order valence-corrected chi connectivity index (χ4v) is 2.86. The normalized spacial score (nSPS) is 11.8. The van der Waals surface area contributed by atoms with Crippen LogP contribution < -0.4 is 5.32 Å². The Balaban J connectivity index is 2.22. The minimum absolute atomic E-state index is 0.469. The van der Waals surface area contributed by atoms with Crippen LogP contribution in [0.4, 0.5) is 0 Å². The van der Waals surface area contributed by atoms with Crippen LogP contribution in [0, 0.1) is 0 Å². The molecule has 5 heteroatoms. The molecule has 0 aliphatic rings. The van der Waals surface area contributed by atoms with Crippen molar-refractivity contribution in [3.63, 3.8) is 0 Å². The van der Waals surface area contributed by atoms with E-state index >= 15 is 0 Å². The summed E-state index contributed by atoms with van der Waals surface area (Å²) in [5.41, 5.74) is 0.469. The average Bonchev–Trinajstić information content (AvgIpc) is 2.69. The molecule has 0 spiro atoms. The molecule has 0 aliphatic carbocycles. The number of aliphatic carboxylic acids is 1. The second-order valence-corrected chi connectivity index (χ2v) is 6.10. The molecule has 0 radical (unpaired) electrons. The predicted molar refractivity (Wildman–Crippen MR) is 74.6 cm³/mol. The van der Waals surface area contributed by atoms with E-state index in [9.17, 15) is 4.79 Å². The van der Waals surface area contributed by atoms with Gasteiger partial charge < -0.3 is 10.4 Å². The molecule has 17 heavy (non-hydrogen) atoms. The van der Waals surface area contributed by atoms with Crippen molar-refractivity contribution in [2.45, 2.75) is 19.8 Å². The Kier molecular flexibility index (Phi) is 6.47. The van der Waals surface area contributed by atoms with Crippen LogP contribution in [-0.4, -0.2) is 24.2 Å². The summed E-state index contributed by atoms with van der Waals surface area (Å²) in [5, 5.41) is 12.0. The van der Waals surface area contributed by atoms with Gasteiger partial charge in [-0.1, -0.05) is 13.0 Å². The second-order valence-electron chi connectivity index (χ2n) is 3.55. The van der Waals surface area contributed by atoms with Gasteiger partial charge in [-0.15, -0.1) is 11.3 Å². The maximum absolute atomic E-state index is 10.7. The number of nitrogens with one attached hydrogen (secondary N) is 1. The highest BCUT2D eigenvalue weighted by atomic mass is 79.9. The first-order chi connectivity index (χ1) is 8.13. The Hall–Kier alpha value is -0.650. The van der Waals surface area contributed by atoms with Crippen LogP contribution in [0.25, 0.3) is 0 Å². The van der Waals surface area contributed by atoms with Crippen LogP contribution in [-0.2, 0) is 11.2 Å². The lowest BCUT2D eigenvalue weighted by molar-refractivity contribution is -0.132. The van der Waals surface area contributed by atoms with E-state index in [-0.39, 0.29) is 0 Å². The number of carboxylic acid groups (broad SMARTS) is 1. The van der Waals surface area contributed by atoms with Crippen LogP contribution >= 0.6 is 27.3 Å². The molecule has 3 nitrogen and oxygen atoms in total. The molecule has 1 heterocycles. The minimum atomic E-state index is -0.823. The molecule has 1 aromatic rings. The van der Waals surface area contributed by atoms with E-state index in [0.717, 1.165) is 16.8 Å². The van der Waals surface area contributed by atoms with Crippen molar-refractivity contribution in [2.75, 3.05) is 13.1 Å². The number of hydrogen-bond acceptors (Lipinski definition) is 3. The molecule has 0 amide bonds. The van der Waals surface area contributed by atoms with Crippen molar-refractivity contribution >= 4 is 33.2 Å². The Morgan fingerprint density at radius 2 is 2.35 bits per heavy atom. The molecule has 0 saturated heterocycles. The van der Waals surface area contributed by atoms with Gasteiger partial charge in [0.25, 0.3) is 0 Å². The fourth-order valence-electron chi connectivity index (χ4n) is 1.38. The third kappa shape index (κ3) is 5.48. The summed E-state index contributed by atoms with van der Waals surface area (Å²) in [7, 11) is 0. The zero-order valence-electron chi connectivity index (χ0n) is 9.70. The topological polar surface area (TPSA) is 49.3 Å². The third-order valence-corrected chi connectivity index (χ3v) is 4.01. The number of hydrogen-bond donors (Lipinski definition) is 2. The highest BCUT2D eigenvalue weighted by molar-refractivity contribution is 9.11. The Morgan fingerprint density at radius 1 is 1.59 bits per heavy atom.